The summed E-state index contributed by atoms with van der Waals surface area (Å²) in [6.07, 6.45) is 0.150. The van der Waals surface area contributed by atoms with Crippen LogP contribution in [0.4, 0.5) is 0 Å². The molecule has 5 heteroatoms. The maximum Gasteiger partial charge on any atom is 0.226 e. The Morgan fingerprint density at radius 1 is 1.11 bits per heavy atom. The Bertz CT molecular complexity index is 1030. The molecule has 0 radical (unpaired) electrons. The van der Waals surface area contributed by atoms with E-state index in [9.17, 15) is 4.79 Å². The maximum absolute atomic E-state index is 12.9. The van der Waals surface area contributed by atoms with Gasteiger partial charge in [-0.2, -0.15) is 0 Å². The van der Waals surface area contributed by atoms with E-state index in [1.165, 1.54) is 0 Å². The second kappa shape index (κ2) is 7.50. The van der Waals surface area contributed by atoms with Crippen molar-refractivity contribution in [3.63, 3.8) is 0 Å². The van der Waals surface area contributed by atoms with Crippen molar-refractivity contribution in [1.82, 2.24) is 9.88 Å². The number of amides is 1. The lowest BCUT2D eigenvalue weighted by atomic mass is 9.99. The van der Waals surface area contributed by atoms with Gasteiger partial charge in [-0.05, 0) is 43.2 Å². The second-order valence-corrected chi connectivity index (χ2v) is 7.27. The van der Waals surface area contributed by atoms with Crippen LogP contribution in [-0.2, 0) is 11.2 Å². The zero-order valence-corrected chi connectivity index (χ0v) is 16.4. The fourth-order valence-corrected chi connectivity index (χ4v) is 3.68. The average Bonchev–Trinajstić information content (AvgIpc) is 2.70. The molecule has 1 atom stereocenters. The Morgan fingerprint density at radius 3 is 2.64 bits per heavy atom. The van der Waals surface area contributed by atoms with Gasteiger partial charge in [-0.3, -0.25) is 9.78 Å². The van der Waals surface area contributed by atoms with Crippen LogP contribution in [0.5, 0.6) is 11.5 Å². The summed E-state index contributed by atoms with van der Waals surface area (Å²) in [5.74, 6) is 1.52. The number of benzene rings is 2. The first-order chi connectivity index (χ1) is 13.5. The van der Waals surface area contributed by atoms with Gasteiger partial charge in [0.1, 0.15) is 6.61 Å². The number of carbonyl (C=O) groups excluding carboxylic acids is 1. The Morgan fingerprint density at radius 2 is 1.82 bits per heavy atom. The number of rotatable bonds is 4. The minimum atomic E-state index is -0.180. The van der Waals surface area contributed by atoms with E-state index in [4.69, 9.17) is 9.47 Å². The van der Waals surface area contributed by atoms with Crippen molar-refractivity contribution in [1.29, 1.82) is 0 Å². The maximum atomic E-state index is 12.9. The number of hydrogen-bond acceptors (Lipinski definition) is 4. The summed E-state index contributed by atoms with van der Waals surface area (Å²) in [6.45, 7) is 4.95. The van der Waals surface area contributed by atoms with Crippen molar-refractivity contribution in [3.05, 3.63) is 65.4 Å². The van der Waals surface area contributed by atoms with E-state index in [0.29, 0.717) is 19.6 Å². The highest BCUT2D eigenvalue weighted by Crippen LogP contribution is 2.31. The first-order valence-electron chi connectivity index (χ1n) is 9.50. The summed E-state index contributed by atoms with van der Waals surface area (Å²) in [6, 6.07) is 15.7. The number of pyridine rings is 1. The van der Waals surface area contributed by atoms with Crippen LogP contribution in [0, 0.1) is 13.8 Å². The van der Waals surface area contributed by atoms with E-state index in [-0.39, 0.29) is 12.0 Å². The molecule has 5 nitrogen and oxygen atoms in total. The third-order valence-corrected chi connectivity index (χ3v) is 5.28. The fourth-order valence-electron chi connectivity index (χ4n) is 3.68. The first kappa shape index (κ1) is 18.3. The minimum absolute atomic E-state index is 0.0470. The standard InChI is InChI=1S/C23H24N2O3/c1-15-18-8-4-5-9-20(18)24-16(2)19(15)12-23(26)25(3)13-17-14-27-21-10-6-7-11-22(21)28-17/h4-11,17H,12-14H2,1-3H3/t17-/m1/s1. The quantitative estimate of drug-likeness (QED) is 0.697. The molecule has 0 unspecified atom stereocenters. The number of carbonyl (C=O) groups is 1. The van der Waals surface area contributed by atoms with E-state index < -0.39 is 0 Å². The van der Waals surface area contributed by atoms with E-state index in [1.54, 1.807) is 4.90 Å². The Balaban J connectivity index is 1.46. The predicted molar refractivity (Wildman–Crippen MR) is 109 cm³/mol. The number of para-hydroxylation sites is 3. The van der Waals surface area contributed by atoms with E-state index >= 15 is 0 Å². The molecule has 2 heterocycles. The molecule has 0 bridgehead atoms. The van der Waals surface area contributed by atoms with Crippen LogP contribution < -0.4 is 9.47 Å². The zero-order chi connectivity index (χ0) is 19.7. The van der Waals surface area contributed by atoms with Crippen LogP contribution in [0.25, 0.3) is 10.9 Å². The molecular formula is C23H24N2O3. The van der Waals surface area contributed by atoms with E-state index in [0.717, 1.165) is 39.2 Å². The van der Waals surface area contributed by atoms with Crippen LogP contribution in [0.3, 0.4) is 0 Å². The number of aromatic nitrogens is 1. The zero-order valence-electron chi connectivity index (χ0n) is 16.4. The fraction of sp³-hybridized carbons (Fsp3) is 0.304. The number of nitrogens with zero attached hydrogens (tertiary/aromatic N) is 2. The van der Waals surface area contributed by atoms with Gasteiger partial charge < -0.3 is 14.4 Å². The molecule has 0 saturated heterocycles. The molecule has 0 fully saturated rings. The molecule has 0 saturated carbocycles. The third-order valence-electron chi connectivity index (χ3n) is 5.28. The minimum Gasteiger partial charge on any atom is -0.486 e. The van der Waals surface area contributed by atoms with Crippen molar-refractivity contribution in [2.45, 2.75) is 26.4 Å². The van der Waals surface area contributed by atoms with Gasteiger partial charge in [0.05, 0.1) is 18.5 Å². The van der Waals surface area contributed by atoms with Crippen molar-refractivity contribution in [2.24, 2.45) is 0 Å². The highest BCUT2D eigenvalue weighted by molar-refractivity contribution is 5.86. The Kier molecular flexibility index (Phi) is 4.90. The number of likely N-dealkylation sites (N-methyl/N-ethyl adjacent to an activating group) is 1. The monoisotopic (exact) mass is 376 g/mol. The molecule has 1 amide bonds. The van der Waals surface area contributed by atoms with Gasteiger partial charge in [0, 0.05) is 18.1 Å². The molecule has 1 aromatic heterocycles. The predicted octanol–water partition coefficient (Wildman–Crippen LogP) is 3.69. The molecule has 0 spiro atoms. The first-order valence-corrected chi connectivity index (χ1v) is 9.50. The lowest BCUT2D eigenvalue weighted by molar-refractivity contribution is -0.130. The molecule has 1 aliphatic heterocycles. The van der Waals surface area contributed by atoms with Gasteiger partial charge in [-0.1, -0.05) is 30.3 Å². The molecular weight excluding hydrogens is 352 g/mol. The highest BCUT2D eigenvalue weighted by atomic mass is 16.6. The van der Waals surface area contributed by atoms with Gasteiger partial charge in [-0.15, -0.1) is 0 Å². The largest absolute Gasteiger partial charge is 0.486 e. The number of fused-ring (bicyclic) bond motifs is 2. The van der Waals surface area contributed by atoms with Crippen LogP contribution in [0.1, 0.15) is 16.8 Å². The molecule has 4 rings (SSSR count). The summed E-state index contributed by atoms with van der Waals surface area (Å²) in [4.78, 5) is 19.3. The molecule has 0 aliphatic carbocycles. The van der Waals surface area contributed by atoms with E-state index in [1.807, 2.05) is 56.4 Å². The van der Waals surface area contributed by atoms with Crippen LogP contribution >= 0.6 is 0 Å². The summed E-state index contributed by atoms with van der Waals surface area (Å²) in [5.41, 5.74) is 4.00. The van der Waals surface area contributed by atoms with Gasteiger partial charge in [0.25, 0.3) is 0 Å². The lowest BCUT2D eigenvalue weighted by Crippen LogP contribution is -2.42. The molecule has 1 aliphatic rings. The molecule has 28 heavy (non-hydrogen) atoms. The Labute approximate surface area is 164 Å². The van der Waals surface area contributed by atoms with E-state index in [2.05, 4.69) is 18.0 Å². The van der Waals surface area contributed by atoms with Crippen LogP contribution in [0.2, 0.25) is 0 Å². The van der Waals surface area contributed by atoms with Crippen LogP contribution in [0.15, 0.2) is 48.5 Å². The highest BCUT2D eigenvalue weighted by Gasteiger charge is 2.24. The van der Waals surface area contributed by atoms with Crippen molar-refractivity contribution in [2.75, 3.05) is 20.2 Å². The molecule has 3 aromatic rings. The summed E-state index contributed by atoms with van der Waals surface area (Å²) in [7, 11) is 1.81. The number of aryl methyl sites for hydroxylation is 2. The summed E-state index contributed by atoms with van der Waals surface area (Å²) < 4.78 is 11.7. The van der Waals surface area contributed by atoms with Crippen LogP contribution in [-0.4, -0.2) is 42.1 Å². The van der Waals surface area contributed by atoms with Gasteiger partial charge in [0.2, 0.25) is 5.91 Å². The summed E-state index contributed by atoms with van der Waals surface area (Å²) >= 11 is 0. The second-order valence-electron chi connectivity index (χ2n) is 7.27. The van der Waals surface area contributed by atoms with Gasteiger partial charge >= 0.3 is 0 Å². The molecule has 0 N–H and O–H groups in total. The van der Waals surface area contributed by atoms with Crippen molar-refractivity contribution in [3.8, 4) is 11.5 Å². The van der Waals surface area contributed by atoms with Crippen molar-refractivity contribution >= 4 is 16.8 Å². The molecule has 2 aromatic carbocycles. The lowest BCUT2D eigenvalue weighted by Gasteiger charge is -2.29. The summed E-state index contributed by atoms with van der Waals surface area (Å²) in [5, 5.41) is 1.10. The van der Waals surface area contributed by atoms with Crippen molar-refractivity contribution < 1.29 is 14.3 Å². The smallest absolute Gasteiger partial charge is 0.226 e. The topological polar surface area (TPSA) is 51.7 Å². The number of ether oxygens (including phenoxy) is 2. The third kappa shape index (κ3) is 3.52. The number of hydrogen-bond donors (Lipinski definition) is 0. The normalized spacial score (nSPS) is 15.5. The SMILES string of the molecule is Cc1nc2ccccc2c(C)c1CC(=O)N(C)C[C@@H]1COc2ccccc2O1. The van der Waals surface area contributed by atoms with Gasteiger partial charge in [-0.25, -0.2) is 0 Å². The Hall–Kier alpha value is -3.08. The molecule has 144 valence electrons. The average molecular weight is 376 g/mol. The van der Waals surface area contributed by atoms with Gasteiger partial charge in [0.15, 0.2) is 17.6 Å².